The Morgan fingerprint density at radius 2 is 1.82 bits per heavy atom. The Labute approximate surface area is 197 Å². The van der Waals surface area contributed by atoms with Crippen molar-refractivity contribution in [2.45, 2.75) is 36.3 Å². The molecule has 0 saturated heterocycles. The second-order valence-electron chi connectivity index (χ2n) is 7.24. The Bertz CT molecular complexity index is 1300. The molecule has 0 fully saturated rings. The van der Waals surface area contributed by atoms with Crippen LogP contribution < -0.4 is 0 Å². The Morgan fingerprint density at radius 1 is 1.03 bits per heavy atom. The van der Waals surface area contributed by atoms with E-state index in [2.05, 4.69) is 31.9 Å². The van der Waals surface area contributed by atoms with E-state index in [1.807, 2.05) is 38.2 Å². The summed E-state index contributed by atoms with van der Waals surface area (Å²) in [7, 11) is -3.57. The molecule has 10 heteroatoms. The zero-order chi connectivity index (χ0) is 23.3. The summed E-state index contributed by atoms with van der Waals surface area (Å²) < 4.78 is 35.0. The van der Waals surface area contributed by atoms with Crippen LogP contribution in [0.5, 0.6) is 0 Å². The molecular formula is C23H25N5O3S2. The molecule has 33 heavy (non-hydrogen) atoms. The SMILES string of the molecule is CCN(CC)S(=O)(=O)c1cccc(-c2nnc(SCc3nccn3Cc3ccccc3)o2)c1. The monoisotopic (exact) mass is 483 g/mol. The second kappa shape index (κ2) is 10.3. The fourth-order valence-electron chi connectivity index (χ4n) is 3.42. The number of hydrogen-bond donors (Lipinski definition) is 0. The summed E-state index contributed by atoms with van der Waals surface area (Å²) in [5.74, 6) is 1.75. The van der Waals surface area contributed by atoms with E-state index >= 15 is 0 Å². The molecule has 4 rings (SSSR count). The van der Waals surface area contributed by atoms with Crippen molar-refractivity contribution in [2.75, 3.05) is 13.1 Å². The Kier molecular flexibility index (Phi) is 7.26. The van der Waals surface area contributed by atoms with Crippen LogP contribution in [-0.4, -0.2) is 45.6 Å². The average molecular weight is 484 g/mol. The van der Waals surface area contributed by atoms with E-state index in [9.17, 15) is 8.42 Å². The van der Waals surface area contributed by atoms with Gasteiger partial charge >= 0.3 is 0 Å². The molecule has 0 aliphatic rings. The zero-order valence-corrected chi connectivity index (χ0v) is 20.1. The lowest BCUT2D eigenvalue weighted by Gasteiger charge is -2.18. The molecule has 0 unspecified atom stereocenters. The molecule has 0 aliphatic carbocycles. The summed E-state index contributed by atoms with van der Waals surface area (Å²) in [6.45, 7) is 5.18. The van der Waals surface area contributed by atoms with Crippen LogP contribution in [0.25, 0.3) is 11.5 Å². The summed E-state index contributed by atoms with van der Waals surface area (Å²) in [5, 5.41) is 8.63. The third-order valence-electron chi connectivity index (χ3n) is 5.15. The molecule has 0 aliphatic heterocycles. The van der Waals surface area contributed by atoms with Gasteiger partial charge in [0.05, 0.1) is 10.6 Å². The number of nitrogens with zero attached hydrogens (tertiary/aromatic N) is 5. The van der Waals surface area contributed by atoms with E-state index in [-0.39, 0.29) is 10.8 Å². The van der Waals surface area contributed by atoms with Gasteiger partial charge in [0.2, 0.25) is 15.9 Å². The minimum atomic E-state index is -3.57. The van der Waals surface area contributed by atoms with E-state index in [1.54, 1.807) is 30.5 Å². The number of rotatable bonds is 10. The van der Waals surface area contributed by atoms with Gasteiger partial charge in [0, 0.05) is 37.6 Å². The van der Waals surface area contributed by atoms with Crippen LogP contribution in [0.15, 0.2) is 81.5 Å². The van der Waals surface area contributed by atoms with Crippen molar-refractivity contribution in [3.05, 3.63) is 78.4 Å². The molecule has 2 aromatic carbocycles. The maximum absolute atomic E-state index is 12.8. The van der Waals surface area contributed by atoms with E-state index < -0.39 is 10.0 Å². The van der Waals surface area contributed by atoms with Crippen LogP contribution in [0, 0.1) is 0 Å². The predicted octanol–water partition coefficient (Wildman–Crippen LogP) is 4.30. The molecular weight excluding hydrogens is 458 g/mol. The zero-order valence-electron chi connectivity index (χ0n) is 18.5. The third kappa shape index (κ3) is 5.35. The number of benzene rings is 2. The molecule has 8 nitrogen and oxygen atoms in total. The van der Waals surface area contributed by atoms with Crippen molar-refractivity contribution >= 4 is 21.8 Å². The van der Waals surface area contributed by atoms with Crippen molar-refractivity contribution in [1.29, 1.82) is 0 Å². The molecule has 0 bridgehead atoms. The Hall–Kier alpha value is -2.95. The van der Waals surface area contributed by atoms with E-state index in [0.29, 0.717) is 29.6 Å². The van der Waals surface area contributed by atoms with Crippen molar-refractivity contribution in [2.24, 2.45) is 0 Å². The summed E-state index contributed by atoms with van der Waals surface area (Å²) in [6, 6.07) is 16.8. The first kappa shape index (κ1) is 23.2. The van der Waals surface area contributed by atoms with Crippen molar-refractivity contribution in [3.8, 4) is 11.5 Å². The van der Waals surface area contributed by atoms with Crippen LogP contribution in [0.2, 0.25) is 0 Å². The van der Waals surface area contributed by atoms with Crippen LogP contribution in [0.1, 0.15) is 25.2 Å². The molecule has 2 aromatic heterocycles. The van der Waals surface area contributed by atoms with Gasteiger partial charge in [-0.3, -0.25) is 0 Å². The number of aromatic nitrogens is 4. The minimum Gasteiger partial charge on any atom is -0.411 e. The first-order valence-corrected chi connectivity index (χ1v) is 13.0. The molecule has 172 valence electrons. The molecule has 0 amide bonds. The number of sulfonamides is 1. The summed E-state index contributed by atoms with van der Waals surface area (Å²) in [6.07, 6.45) is 3.73. The van der Waals surface area contributed by atoms with Gasteiger partial charge in [-0.1, -0.05) is 62.0 Å². The van der Waals surface area contributed by atoms with Crippen molar-refractivity contribution in [1.82, 2.24) is 24.1 Å². The standard InChI is InChI=1S/C23H25N5O3S2/c1-3-28(4-2)33(29,30)20-12-8-11-19(15-20)22-25-26-23(31-22)32-17-21-24-13-14-27(21)16-18-9-6-5-7-10-18/h5-15H,3-4,16-17H2,1-2H3. The first-order chi connectivity index (χ1) is 16.0. The largest absolute Gasteiger partial charge is 0.411 e. The fourth-order valence-corrected chi connectivity index (χ4v) is 5.65. The van der Waals surface area contributed by atoms with Gasteiger partial charge in [0.1, 0.15) is 5.82 Å². The lowest BCUT2D eigenvalue weighted by atomic mass is 10.2. The first-order valence-electron chi connectivity index (χ1n) is 10.6. The molecule has 0 atom stereocenters. The average Bonchev–Trinajstić information content (AvgIpc) is 3.48. The molecule has 0 spiro atoms. The van der Waals surface area contributed by atoms with Gasteiger partial charge in [-0.25, -0.2) is 13.4 Å². The molecule has 0 N–H and O–H groups in total. The summed E-state index contributed by atoms with van der Waals surface area (Å²) in [4.78, 5) is 4.65. The normalized spacial score (nSPS) is 11.8. The smallest absolute Gasteiger partial charge is 0.277 e. The summed E-state index contributed by atoms with van der Waals surface area (Å²) >= 11 is 1.39. The van der Waals surface area contributed by atoms with Crippen LogP contribution in [0.4, 0.5) is 0 Å². The highest BCUT2D eigenvalue weighted by Crippen LogP contribution is 2.27. The lowest BCUT2D eigenvalue weighted by Crippen LogP contribution is -2.30. The number of thioether (sulfide) groups is 1. The topological polar surface area (TPSA) is 94.1 Å². The summed E-state index contributed by atoms with van der Waals surface area (Å²) in [5.41, 5.74) is 1.76. The Morgan fingerprint density at radius 3 is 2.58 bits per heavy atom. The minimum absolute atomic E-state index is 0.207. The van der Waals surface area contributed by atoms with Crippen molar-refractivity contribution in [3.63, 3.8) is 0 Å². The van der Waals surface area contributed by atoms with Gasteiger partial charge in [-0.15, -0.1) is 10.2 Å². The van der Waals surface area contributed by atoms with E-state index in [4.69, 9.17) is 4.42 Å². The highest BCUT2D eigenvalue weighted by molar-refractivity contribution is 7.98. The Balaban J connectivity index is 1.46. The van der Waals surface area contributed by atoms with E-state index in [0.717, 1.165) is 12.4 Å². The molecule has 2 heterocycles. The van der Waals surface area contributed by atoms with Crippen LogP contribution >= 0.6 is 11.8 Å². The third-order valence-corrected chi connectivity index (χ3v) is 8.01. The fraction of sp³-hybridized carbons (Fsp3) is 0.261. The molecule has 0 radical (unpaired) electrons. The van der Waals surface area contributed by atoms with Crippen molar-refractivity contribution < 1.29 is 12.8 Å². The van der Waals surface area contributed by atoms with Gasteiger partial charge in [-0.2, -0.15) is 4.31 Å². The maximum Gasteiger partial charge on any atom is 0.277 e. The molecule has 4 aromatic rings. The van der Waals surface area contributed by atoms with Crippen LogP contribution in [-0.2, 0) is 22.3 Å². The highest BCUT2D eigenvalue weighted by atomic mass is 32.2. The van der Waals surface area contributed by atoms with Gasteiger partial charge < -0.3 is 8.98 Å². The highest BCUT2D eigenvalue weighted by Gasteiger charge is 2.22. The van der Waals surface area contributed by atoms with Crippen LogP contribution in [0.3, 0.4) is 0 Å². The van der Waals surface area contributed by atoms with Gasteiger partial charge in [0.25, 0.3) is 5.22 Å². The van der Waals surface area contributed by atoms with E-state index in [1.165, 1.54) is 21.6 Å². The quantitative estimate of drug-likeness (QED) is 0.310. The van der Waals surface area contributed by atoms with Gasteiger partial charge in [-0.05, 0) is 23.8 Å². The van der Waals surface area contributed by atoms with Gasteiger partial charge in [0.15, 0.2) is 0 Å². The lowest BCUT2D eigenvalue weighted by molar-refractivity contribution is 0.445. The number of imidazole rings is 1. The number of hydrogen-bond acceptors (Lipinski definition) is 7. The second-order valence-corrected chi connectivity index (χ2v) is 10.1. The molecule has 0 saturated carbocycles. The predicted molar refractivity (Wildman–Crippen MR) is 127 cm³/mol. The maximum atomic E-state index is 12.8.